The number of aromatic nitrogens is 2. The summed E-state index contributed by atoms with van der Waals surface area (Å²) >= 11 is 0. The van der Waals surface area contributed by atoms with Crippen LogP contribution in [0.25, 0.3) is 0 Å². The number of aryl methyl sites for hydroxylation is 1. The summed E-state index contributed by atoms with van der Waals surface area (Å²) in [7, 11) is 2.14. The molecule has 5 nitrogen and oxygen atoms in total. The molecule has 2 N–H and O–H groups in total. The number of anilines is 2. The average molecular weight is 247 g/mol. The third-order valence-corrected chi connectivity index (χ3v) is 3.94. The molecule has 2 heterocycles. The lowest BCUT2D eigenvalue weighted by atomic mass is 9.92. The van der Waals surface area contributed by atoms with Crippen LogP contribution in [0.3, 0.4) is 0 Å². The molecule has 0 bridgehead atoms. The van der Waals surface area contributed by atoms with E-state index in [-0.39, 0.29) is 0 Å². The van der Waals surface area contributed by atoms with Gasteiger partial charge in [-0.25, -0.2) is 9.97 Å². The van der Waals surface area contributed by atoms with Crippen molar-refractivity contribution in [2.75, 3.05) is 30.4 Å². The van der Waals surface area contributed by atoms with Crippen molar-refractivity contribution < 1.29 is 0 Å². The number of nitrogens with zero attached hydrogens (tertiary/aromatic N) is 3. The topological polar surface area (TPSA) is 53.1 Å². The van der Waals surface area contributed by atoms with Crippen LogP contribution in [0.15, 0.2) is 6.07 Å². The Morgan fingerprint density at radius 2 is 2.11 bits per heavy atom. The van der Waals surface area contributed by atoms with Crippen molar-refractivity contribution in [2.45, 2.75) is 38.3 Å². The highest BCUT2D eigenvalue weighted by atomic mass is 15.2. The molecule has 1 aliphatic carbocycles. The molecule has 0 radical (unpaired) electrons. The van der Waals surface area contributed by atoms with E-state index in [0.717, 1.165) is 30.5 Å². The lowest BCUT2D eigenvalue weighted by molar-refractivity contribution is 0.399. The van der Waals surface area contributed by atoms with Gasteiger partial charge in [-0.2, -0.15) is 0 Å². The van der Waals surface area contributed by atoms with Crippen LogP contribution in [0.1, 0.15) is 25.1 Å². The molecule has 1 saturated carbocycles. The second-order valence-corrected chi connectivity index (χ2v) is 5.35. The van der Waals surface area contributed by atoms with Gasteiger partial charge in [0.25, 0.3) is 0 Å². The maximum atomic E-state index is 4.55. The van der Waals surface area contributed by atoms with Gasteiger partial charge in [-0.15, -0.1) is 0 Å². The van der Waals surface area contributed by atoms with E-state index in [1.165, 1.54) is 19.3 Å². The quantitative estimate of drug-likeness (QED) is 0.836. The van der Waals surface area contributed by atoms with Gasteiger partial charge in [0.05, 0.1) is 6.04 Å². The van der Waals surface area contributed by atoms with E-state index in [2.05, 4.69) is 38.6 Å². The fraction of sp³-hybridized carbons (Fsp3) is 0.692. The molecule has 0 atom stereocenters. The number of hydrogen-bond donors (Lipinski definition) is 2. The molecule has 5 heteroatoms. The Morgan fingerprint density at radius 3 is 2.67 bits per heavy atom. The van der Waals surface area contributed by atoms with Gasteiger partial charge in [0.15, 0.2) is 0 Å². The molecule has 18 heavy (non-hydrogen) atoms. The van der Waals surface area contributed by atoms with E-state index >= 15 is 0 Å². The Morgan fingerprint density at radius 1 is 1.33 bits per heavy atom. The minimum absolute atomic E-state index is 0.515. The zero-order valence-corrected chi connectivity index (χ0v) is 11.1. The van der Waals surface area contributed by atoms with Crippen LogP contribution in [0.4, 0.5) is 11.6 Å². The fourth-order valence-corrected chi connectivity index (χ4v) is 2.37. The third-order valence-electron chi connectivity index (χ3n) is 3.94. The van der Waals surface area contributed by atoms with Gasteiger partial charge in [-0.1, -0.05) is 0 Å². The van der Waals surface area contributed by atoms with Crippen LogP contribution in [0.2, 0.25) is 0 Å². The van der Waals surface area contributed by atoms with E-state index < -0.39 is 0 Å². The molecule has 0 unspecified atom stereocenters. The Hall–Kier alpha value is -1.36. The Balaban J connectivity index is 1.75. The normalized spacial score (nSPS) is 20.1. The summed E-state index contributed by atoms with van der Waals surface area (Å²) in [6.45, 7) is 4.01. The second kappa shape index (κ2) is 4.72. The molecule has 98 valence electrons. The van der Waals surface area contributed by atoms with Gasteiger partial charge in [0, 0.05) is 32.2 Å². The maximum Gasteiger partial charge on any atom is 0.134 e. The molecule has 0 amide bonds. The summed E-state index contributed by atoms with van der Waals surface area (Å²) in [5, 5.41) is 6.70. The third kappa shape index (κ3) is 2.27. The highest BCUT2D eigenvalue weighted by Crippen LogP contribution is 2.28. The van der Waals surface area contributed by atoms with Crippen molar-refractivity contribution >= 4 is 11.6 Å². The molecule has 0 aromatic carbocycles. The fourth-order valence-electron chi connectivity index (χ4n) is 2.37. The van der Waals surface area contributed by atoms with Gasteiger partial charge in [0.1, 0.15) is 17.5 Å². The standard InChI is InChI=1S/C13H21N5/c1-9-15-12(17-10-7-14-8-10)6-13(16-9)18(2)11-4-3-5-11/h6,10-11,14H,3-5,7-8H2,1-2H3,(H,15,16,17). The summed E-state index contributed by atoms with van der Waals surface area (Å²) in [5.74, 6) is 2.84. The monoisotopic (exact) mass is 247 g/mol. The van der Waals surface area contributed by atoms with E-state index in [1.807, 2.05) is 6.92 Å². The average Bonchev–Trinajstić information content (AvgIpc) is 2.20. The maximum absolute atomic E-state index is 4.55. The van der Waals surface area contributed by atoms with E-state index in [9.17, 15) is 0 Å². The van der Waals surface area contributed by atoms with Crippen LogP contribution in [0.5, 0.6) is 0 Å². The predicted octanol–water partition coefficient (Wildman–Crippen LogP) is 1.16. The number of hydrogen-bond acceptors (Lipinski definition) is 5. The molecule has 1 aromatic rings. The first kappa shape index (κ1) is 11.7. The van der Waals surface area contributed by atoms with Gasteiger partial charge in [-0.3, -0.25) is 0 Å². The van der Waals surface area contributed by atoms with Gasteiger partial charge >= 0.3 is 0 Å². The molecule has 0 spiro atoms. The number of nitrogens with one attached hydrogen (secondary N) is 2. The van der Waals surface area contributed by atoms with E-state index in [0.29, 0.717) is 12.1 Å². The van der Waals surface area contributed by atoms with Crippen molar-refractivity contribution in [2.24, 2.45) is 0 Å². The summed E-state index contributed by atoms with van der Waals surface area (Å²) in [6.07, 6.45) is 3.92. The molecule has 1 saturated heterocycles. The van der Waals surface area contributed by atoms with Gasteiger partial charge < -0.3 is 15.5 Å². The van der Waals surface area contributed by atoms with Crippen molar-refractivity contribution in [1.29, 1.82) is 0 Å². The molecular formula is C13H21N5. The van der Waals surface area contributed by atoms with Crippen LogP contribution in [0, 0.1) is 6.92 Å². The minimum atomic E-state index is 0.515. The predicted molar refractivity (Wildman–Crippen MR) is 73.1 cm³/mol. The summed E-state index contributed by atoms with van der Waals surface area (Å²) in [6, 6.07) is 3.25. The molecule has 2 aliphatic rings. The highest BCUT2D eigenvalue weighted by molar-refractivity contribution is 5.50. The smallest absolute Gasteiger partial charge is 0.134 e. The minimum Gasteiger partial charge on any atom is -0.365 e. The first-order chi connectivity index (χ1) is 8.72. The highest BCUT2D eigenvalue weighted by Gasteiger charge is 2.24. The van der Waals surface area contributed by atoms with Crippen molar-refractivity contribution in [3.05, 3.63) is 11.9 Å². The van der Waals surface area contributed by atoms with Crippen LogP contribution >= 0.6 is 0 Å². The van der Waals surface area contributed by atoms with E-state index in [4.69, 9.17) is 0 Å². The van der Waals surface area contributed by atoms with Crippen molar-refractivity contribution in [3.8, 4) is 0 Å². The molecule has 1 aromatic heterocycles. The van der Waals surface area contributed by atoms with Crippen LogP contribution in [-0.2, 0) is 0 Å². The number of rotatable bonds is 4. The first-order valence-electron chi connectivity index (χ1n) is 6.78. The summed E-state index contributed by atoms with van der Waals surface area (Å²) in [5.41, 5.74) is 0. The van der Waals surface area contributed by atoms with E-state index in [1.54, 1.807) is 0 Å². The van der Waals surface area contributed by atoms with Crippen LogP contribution < -0.4 is 15.5 Å². The van der Waals surface area contributed by atoms with Gasteiger partial charge in [0.2, 0.25) is 0 Å². The molecule has 3 rings (SSSR count). The van der Waals surface area contributed by atoms with Gasteiger partial charge in [-0.05, 0) is 26.2 Å². The molecular weight excluding hydrogens is 226 g/mol. The van der Waals surface area contributed by atoms with Crippen molar-refractivity contribution in [3.63, 3.8) is 0 Å². The zero-order valence-electron chi connectivity index (χ0n) is 11.1. The Labute approximate surface area is 108 Å². The summed E-state index contributed by atoms with van der Waals surface area (Å²) in [4.78, 5) is 11.3. The lowest BCUT2D eigenvalue weighted by Gasteiger charge is -2.36. The Bertz CT molecular complexity index is 425. The van der Waals surface area contributed by atoms with Crippen molar-refractivity contribution in [1.82, 2.24) is 15.3 Å². The lowest BCUT2D eigenvalue weighted by Crippen LogP contribution is -2.51. The first-order valence-corrected chi connectivity index (χ1v) is 6.78. The zero-order chi connectivity index (χ0) is 12.5. The second-order valence-electron chi connectivity index (χ2n) is 5.35. The van der Waals surface area contributed by atoms with Crippen LogP contribution in [-0.4, -0.2) is 42.2 Å². The molecule has 2 fully saturated rings. The SMILES string of the molecule is Cc1nc(NC2CNC2)cc(N(C)C2CCC2)n1. The Kier molecular flexibility index (Phi) is 3.07. The largest absolute Gasteiger partial charge is 0.365 e. The molecule has 1 aliphatic heterocycles. The summed E-state index contributed by atoms with van der Waals surface area (Å²) < 4.78 is 0.